The highest BCUT2D eigenvalue weighted by Gasteiger charge is 2.25. The first kappa shape index (κ1) is 15.3. The van der Waals surface area contributed by atoms with Crippen LogP contribution in [0.2, 0.25) is 0 Å². The highest BCUT2D eigenvalue weighted by Crippen LogP contribution is 2.30. The fourth-order valence-electron chi connectivity index (χ4n) is 3.12. The van der Waals surface area contributed by atoms with Crippen molar-refractivity contribution < 1.29 is 9.47 Å². The molecule has 1 aliphatic heterocycles. The van der Waals surface area contributed by atoms with E-state index in [1.165, 1.54) is 0 Å². The summed E-state index contributed by atoms with van der Waals surface area (Å²) in [6.07, 6.45) is 7.13. The summed E-state index contributed by atoms with van der Waals surface area (Å²) < 4.78 is 11.9. The summed E-state index contributed by atoms with van der Waals surface area (Å²) in [4.78, 5) is 4.19. The van der Waals surface area contributed by atoms with E-state index >= 15 is 0 Å². The smallest absolute Gasteiger partial charge is 0.127 e. The summed E-state index contributed by atoms with van der Waals surface area (Å²) in [7, 11) is 1.99. The van der Waals surface area contributed by atoms with Crippen LogP contribution in [0.15, 0.2) is 36.7 Å². The zero-order chi connectivity index (χ0) is 15.2. The molecule has 0 amide bonds. The van der Waals surface area contributed by atoms with Crippen molar-refractivity contribution in [1.82, 2.24) is 10.3 Å². The van der Waals surface area contributed by atoms with Gasteiger partial charge < -0.3 is 14.8 Å². The Bertz CT molecular complexity index is 591. The van der Waals surface area contributed by atoms with E-state index in [1.54, 1.807) is 0 Å². The monoisotopic (exact) mass is 300 g/mol. The van der Waals surface area contributed by atoms with Crippen molar-refractivity contribution in [2.24, 2.45) is 5.92 Å². The van der Waals surface area contributed by atoms with Crippen LogP contribution in [0.25, 0.3) is 10.8 Å². The first-order chi connectivity index (χ1) is 10.9. The minimum Gasteiger partial charge on any atom is -0.489 e. The molecule has 1 N–H and O–H groups in total. The van der Waals surface area contributed by atoms with Gasteiger partial charge in [-0.25, -0.2) is 0 Å². The number of pyridine rings is 1. The van der Waals surface area contributed by atoms with Crippen LogP contribution in [0, 0.1) is 5.92 Å². The Morgan fingerprint density at radius 2 is 2.18 bits per heavy atom. The predicted molar refractivity (Wildman–Crippen MR) is 88.2 cm³/mol. The molecule has 1 aliphatic rings. The SMILES string of the molecule is CNCCC(Oc1cccc2cnccc12)C1CCOCC1. The summed E-state index contributed by atoms with van der Waals surface area (Å²) in [5.74, 6) is 1.53. The highest BCUT2D eigenvalue weighted by molar-refractivity contribution is 5.87. The minimum atomic E-state index is 0.232. The number of ether oxygens (including phenoxy) is 2. The Hall–Kier alpha value is -1.65. The molecule has 118 valence electrons. The molecule has 1 aromatic carbocycles. The van der Waals surface area contributed by atoms with Crippen molar-refractivity contribution in [2.45, 2.75) is 25.4 Å². The van der Waals surface area contributed by atoms with Gasteiger partial charge >= 0.3 is 0 Å². The molecule has 2 heterocycles. The van der Waals surface area contributed by atoms with Crippen molar-refractivity contribution in [2.75, 3.05) is 26.8 Å². The molecule has 1 saturated heterocycles. The summed E-state index contributed by atoms with van der Waals surface area (Å²) in [5, 5.41) is 5.50. The molecule has 22 heavy (non-hydrogen) atoms. The standard InChI is InChI=1S/C18H24N2O2/c1-19-9-6-17(14-7-11-21-12-8-14)22-18-4-2-3-15-13-20-10-5-16(15)18/h2-5,10,13-14,17,19H,6-9,11-12H2,1H3. The quantitative estimate of drug-likeness (QED) is 0.890. The van der Waals surface area contributed by atoms with Crippen molar-refractivity contribution in [3.05, 3.63) is 36.7 Å². The molecule has 3 rings (SSSR count). The second-order valence-electron chi connectivity index (χ2n) is 5.85. The molecule has 0 spiro atoms. The largest absolute Gasteiger partial charge is 0.489 e. The number of benzene rings is 1. The van der Waals surface area contributed by atoms with Gasteiger partial charge in [0.2, 0.25) is 0 Å². The Balaban J connectivity index is 1.81. The van der Waals surface area contributed by atoms with Crippen molar-refractivity contribution in [3.63, 3.8) is 0 Å². The summed E-state index contributed by atoms with van der Waals surface area (Å²) in [6, 6.07) is 8.21. The first-order valence-electron chi connectivity index (χ1n) is 8.10. The molecule has 2 aromatic rings. The van der Waals surface area contributed by atoms with E-state index in [4.69, 9.17) is 9.47 Å². The topological polar surface area (TPSA) is 43.4 Å². The highest BCUT2D eigenvalue weighted by atomic mass is 16.5. The number of aromatic nitrogens is 1. The van der Waals surface area contributed by atoms with Gasteiger partial charge in [-0.3, -0.25) is 4.98 Å². The third-order valence-electron chi connectivity index (χ3n) is 4.39. The normalized spacial score (nSPS) is 17.5. The van der Waals surface area contributed by atoms with E-state index in [1.807, 2.05) is 31.6 Å². The zero-order valence-corrected chi connectivity index (χ0v) is 13.1. The third kappa shape index (κ3) is 3.57. The van der Waals surface area contributed by atoms with Crippen LogP contribution in [0.5, 0.6) is 5.75 Å². The lowest BCUT2D eigenvalue weighted by atomic mass is 9.91. The molecule has 0 aliphatic carbocycles. The fourth-order valence-corrected chi connectivity index (χ4v) is 3.12. The molecule has 1 aromatic heterocycles. The number of fused-ring (bicyclic) bond motifs is 1. The Kier molecular flexibility index (Phi) is 5.24. The van der Waals surface area contributed by atoms with E-state index in [2.05, 4.69) is 22.4 Å². The van der Waals surface area contributed by atoms with Crippen LogP contribution < -0.4 is 10.1 Å². The van der Waals surface area contributed by atoms with E-state index in [9.17, 15) is 0 Å². The number of nitrogens with one attached hydrogen (secondary N) is 1. The molecule has 4 nitrogen and oxygen atoms in total. The lowest BCUT2D eigenvalue weighted by Gasteiger charge is -2.31. The molecule has 1 fully saturated rings. The van der Waals surface area contributed by atoms with E-state index in [0.717, 1.165) is 55.5 Å². The maximum Gasteiger partial charge on any atom is 0.127 e. The lowest BCUT2D eigenvalue weighted by Crippen LogP contribution is -2.34. The number of nitrogens with zero attached hydrogens (tertiary/aromatic N) is 1. The second kappa shape index (κ2) is 7.56. The van der Waals surface area contributed by atoms with Crippen LogP contribution in [0.1, 0.15) is 19.3 Å². The number of rotatable bonds is 6. The van der Waals surface area contributed by atoms with Crippen LogP contribution in [-0.4, -0.2) is 37.9 Å². The molecule has 0 radical (unpaired) electrons. The molecule has 1 unspecified atom stereocenters. The van der Waals surface area contributed by atoms with Gasteiger partial charge in [-0.1, -0.05) is 12.1 Å². The predicted octanol–water partition coefficient (Wildman–Crippen LogP) is 3.02. The van der Waals surface area contributed by atoms with E-state index < -0.39 is 0 Å². The second-order valence-corrected chi connectivity index (χ2v) is 5.85. The lowest BCUT2D eigenvalue weighted by molar-refractivity contribution is 0.0159. The van der Waals surface area contributed by atoms with Gasteiger partial charge in [0.1, 0.15) is 11.9 Å². The van der Waals surface area contributed by atoms with Gasteiger partial charge in [-0.2, -0.15) is 0 Å². The van der Waals surface area contributed by atoms with Gasteiger partial charge in [0.25, 0.3) is 0 Å². The summed E-state index contributed by atoms with van der Waals surface area (Å²) in [6.45, 7) is 2.67. The number of hydrogen-bond donors (Lipinski definition) is 1. The van der Waals surface area contributed by atoms with Crippen molar-refractivity contribution in [3.8, 4) is 5.75 Å². The first-order valence-corrected chi connectivity index (χ1v) is 8.10. The third-order valence-corrected chi connectivity index (χ3v) is 4.39. The van der Waals surface area contributed by atoms with Crippen LogP contribution in [0.4, 0.5) is 0 Å². The molecular formula is C18H24N2O2. The summed E-state index contributed by atoms with van der Waals surface area (Å²) in [5.41, 5.74) is 0. The molecule has 0 bridgehead atoms. The minimum absolute atomic E-state index is 0.232. The maximum absolute atomic E-state index is 6.45. The summed E-state index contributed by atoms with van der Waals surface area (Å²) >= 11 is 0. The Morgan fingerprint density at radius 3 is 3.00 bits per heavy atom. The van der Waals surface area contributed by atoms with Gasteiger partial charge in [0, 0.05) is 42.3 Å². The zero-order valence-electron chi connectivity index (χ0n) is 13.1. The number of hydrogen-bond acceptors (Lipinski definition) is 4. The molecule has 4 heteroatoms. The maximum atomic E-state index is 6.45. The molecule has 0 saturated carbocycles. The van der Waals surface area contributed by atoms with Crippen LogP contribution in [0.3, 0.4) is 0 Å². The Labute approximate surface area is 131 Å². The molecular weight excluding hydrogens is 276 g/mol. The van der Waals surface area contributed by atoms with Crippen molar-refractivity contribution >= 4 is 10.8 Å². The fraction of sp³-hybridized carbons (Fsp3) is 0.500. The van der Waals surface area contributed by atoms with Crippen LogP contribution in [-0.2, 0) is 4.74 Å². The van der Waals surface area contributed by atoms with Gasteiger partial charge in [0.05, 0.1) is 0 Å². The Morgan fingerprint density at radius 1 is 1.32 bits per heavy atom. The van der Waals surface area contributed by atoms with Crippen LogP contribution >= 0.6 is 0 Å². The van der Waals surface area contributed by atoms with E-state index in [-0.39, 0.29) is 6.10 Å². The average molecular weight is 300 g/mol. The van der Waals surface area contributed by atoms with Crippen molar-refractivity contribution in [1.29, 1.82) is 0 Å². The average Bonchev–Trinajstić information content (AvgIpc) is 2.59. The van der Waals surface area contributed by atoms with Gasteiger partial charge in [-0.05, 0) is 45.0 Å². The van der Waals surface area contributed by atoms with Gasteiger partial charge in [-0.15, -0.1) is 0 Å². The molecule has 1 atom stereocenters. The van der Waals surface area contributed by atoms with E-state index in [0.29, 0.717) is 5.92 Å². The van der Waals surface area contributed by atoms with Gasteiger partial charge in [0.15, 0.2) is 0 Å².